The van der Waals surface area contributed by atoms with Crippen molar-refractivity contribution in [2.75, 3.05) is 0 Å². The summed E-state index contributed by atoms with van der Waals surface area (Å²) in [5.74, 6) is 0.424. The highest BCUT2D eigenvalue weighted by molar-refractivity contribution is 9.10. The summed E-state index contributed by atoms with van der Waals surface area (Å²) in [6.45, 7) is 1.96. The molecular weight excluding hydrogens is 542 g/mol. The summed E-state index contributed by atoms with van der Waals surface area (Å²) in [5.41, 5.74) is 7.61. The number of nitrogens with zero attached hydrogens (tertiary/aromatic N) is 1. The van der Waals surface area contributed by atoms with Crippen molar-refractivity contribution in [3.63, 3.8) is 0 Å². The van der Waals surface area contributed by atoms with Crippen LogP contribution in [0.3, 0.4) is 0 Å². The molecule has 0 N–H and O–H groups in total. The maximum Gasteiger partial charge on any atom is 0.267 e. The van der Waals surface area contributed by atoms with E-state index in [2.05, 4.69) is 82.7 Å². The average molecular weight is 567 g/mol. The number of benzene rings is 4. The Hall–Kier alpha value is -3.41. The molecule has 1 heterocycles. The lowest BCUT2D eigenvalue weighted by Crippen LogP contribution is -2.17. The van der Waals surface area contributed by atoms with E-state index in [9.17, 15) is 8.42 Å². The number of hydrogen-bond acceptors (Lipinski definition) is 2. The van der Waals surface area contributed by atoms with Gasteiger partial charge >= 0.3 is 0 Å². The first kappa shape index (κ1) is 22.8. The molecule has 37 heavy (non-hydrogen) atoms. The number of fused-ring (bicyclic) bond motifs is 6. The van der Waals surface area contributed by atoms with E-state index < -0.39 is 10.0 Å². The van der Waals surface area contributed by atoms with Crippen molar-refractivity contribution in [1.29, 1.82) is 0 Å². The second-order valence-corrected chi connectivity index (χ2v) is 12.8. The van der Waals surface area contributed by atoms with Crippen LogP contribution in [-0.4, -0.2) is 12.4 Å². The number of aryl methyl sites for hydroxylation is 1. The van der Waals surface area contributed by atoms with E-state index in [-0.39, 0.29) is 17.3 Å². The van der Waals surface area contributed by atoms with Crippen LogP contribution in [0.1, 0.15) is 39.7 Å². The summed E-state index contributed by atoms with van der Waals surface area (Å²) < 4.78 is 30.0. The Morgan fingerprint density at radius 1 is 0.730 bits per heavy atom. The van der Waals surface area contributed by atoms with E-state index in [0.717, 1.165) is 26.7 Å². The number of rotatable bonds is 4. The fraction of sp³-hybridized carbons (Fsp3) is 0.125. The fourth-order valence-electron chi connectivity index (χ4n) is 6.46. The van der Waals surface area contributed by atoms with E-state index in [4.69, 9.17) is 0 Å². The summed E-state index contributed by atoms with van der Waals surface area (Å²) in [7, 11) is -3.75. The molecule has 7 rings (SSSR count). The highest BCUT2D eigenvalue weighted by atomic mass is 79.9. The first-order valence-corrected chi connectivity index (χ1v) is 14.6. The van der Waals surface area contributed by atoms with Crippen LogP contribution in [0.4, 0.5) is 0 Å². The van der Waals surface area contributed by atoms with Gasteiger partial charge < -0.3 is 0 Å². The molecule has 5 heteroatoms. The second-order valence-electron chi connectivity index (χ2n) is 10.1. The molecule has 0 radical (unpaired) electrons. The third-order valence-electron chi connectivity index (χ3n) is 8.12. The van der Waals surface area contributed by atoms with Crippen LogP contribution in [-0.2, 0) is 15.4 Å². The predicted octanol–water partition coefficient (Wildman–Crippen LogP) is 7.64. The summed E-state index contributed by atoms with van der Waals surface area (Å²) in [6.07, 6.45) is 3.69. The summed E-state index contributed by atoms with van der Waals surface area (Å²) in [6, 6.07) is 34.7. The van der Waals surface area contributed by atoms with Crippen molar-refractivity contribution >= 4 is 26.0 Å². The third-order valence-corrected chi connectivity index (χ3v) is 10.3. The zero-order chi connectivity index (χ0) is 25.4. The van der Waals surface area contributed by atoms with Gasteiger partial charge in [0.2, 0.25) is 0 Å². The molecule has 2 aliphatic carbocycles. The van der Waals surface area contributed by atoms with Gasteiger partial charge in [0, 0.05) is 39.7 Å². The lowest BCUT2D eigenvalue weighted by molar-refractivity contribution is 0.587. The van der Waals surface area contributed by atoms with E-state index in [1.165, 1.54) is 20.7 Å². The van der Waals surface area contributed by atoms with Crippen LogP contribution in [0.15, 0.2) is 125 Å². The van der Waals surface area contributed by atoms with E-state index >= 15 is 0 Å². The zero-order valence-electron chi connectivity index (χ0n) is 20.2. The van der Waals surface area contributed by atoms with Gasteiger partial charge in [-0.05, 0) is 59.0 Å². The first-order valence-electron chi connectivity index (χ1n) is 12.4. The highest BCUT2D eigenvalue weighted by Gasteiger charge is 2.70. The molecule has 4 aromatic carbocycles. The van der Waals surface area contributed by atoms with E-state index in [1.807, 2.05) is 43.6 Å². The minimum atomic E-state index is -3.75. The molecule has 0 aliphatic heterocycles. The van der Waals surface area contributed by atoms with Gasteiger partial charge in [0.15, 0.2) is 0 Å². The Balaban J connectivity index is 1.51. The minimum Gasteiger partial charge on any atom is -0.248 e. The first-order chi connectivity index (χ1) is 17.9. The maximum atomic E-state index is 13.8. The molecule has 3 nitrogen and oxygen atoms in total. The lowest BCUT2D eigenvalue weighted by Gasteiger charge is -2.26. The van der Waals surface area contributed by atoms with Crippen LogP contribution < -0.4 is 0 Å². The summed E-state index contributed by atoms with van der Waals surface area (Å²) in [5, 5.41) is 0. The van der Waals surface area contributed by atoms with Gasteiger partial charge in [0.1, 0.15) is 0 Å². The van der Waals surface area contributed by atoms with Gasteiger partial charge in [-0.25, -0.2) is 12.4 Å². The maximum absolute atomic E-state index is 13.8. The Bertz CT molecular complexity index is 1750. The molecule has 0 unspecified atom stereocenters. The summed E-state index contributed by atoms with van der Waals surface area (Å²) in [4.78, 5) is 0.295. The monoisotopic (exact) mass is 565 g/mol. The van der Waals surface area contributed by atoms with Gasteiger partial charge in [-0.15, -0.1) is 0 Å². The van der Waals surface area contributed by atoms with Crippen LogP contribution in [0.25, 0.3) is 11.1 Å². The average Bonchev–Trinajstić information content (AvgIpc) is 3.41. The molecule has 0 bridgehead atoms. The Morgan fingerprint density at radius 3 is 2.14 bits per heavy atom. The molecule has 5 aromatic rings. The van der Waals surface area contributed by atoms with Gasteiger partial charge in [-0.1, -0.05) is 100 Å². The normalized spacial score (nSPS) is 21.6. The molecule has 182 valence electrons. The quantitative estimate of drug-likeness (QED) is 0.224. The molecule has 3 atom stereocenters. The zero-order valence-corrected chi connectivity index (χ0v) is 22.6. The standard InChI is InChI=1S/C32H24BrNO2S/c1-21-11-17-25(18-12-21)37(35,36)34-19-28-26-9-5-6-10-27(26)31-30(22-7-3-2-4-8-22)32(31,29(28)20-34)23-13-15-24(33)16-14-23/h2-20,30-31H,1H3/t30-,31-,32+/m1/s1. The molecule has 2 aliphatic rings. The van der Waals surface area contributed by atoms with Crippen molar-refractivity contribution in [3.8, 4) is 11.1 Å². The van der Waals surface area contributed by atoms with E-state index in [1.54, 1.807) is 12.1 Å². The molecule has 1 saturated carbocycles. The van der Waals surface area contributed by atoms with Crippen molar-refractivity contribution in [2.45, 2.75) is 29.1 Å². The lowest BCUT2D eigenvalue weighted by atomic mass is 9.76. The number of aromatic nitrogens is 1. The number of halogens is 1. The predicted molar refractivity (Wildman–Crippen MR) is 150 cm³/mol. The molecular formula is C32H24BrNO2S. The number of hydrogen-bond donors (Lipinski definition) is 0. The van der Waals surface area contributed by atoms with E-state index in [0.29, 0.717) is 4.90 Å². The van der Waals surface area contributed by atoms with Gasteiger partial charge in [0.05, 0.1) is 4.90 Å². The third kappa shape index (κ3) is 3.20. The summed E-state index contributed by atoms with van der Waals surface area (Å²) >= 11 is 3.60. The Labute approximate surface area is 225 Å². The SMILES string of the molecule is Cc1ccc(S(=O)(=O)n2cc3c(c2)[C@@]2(c4ccc(Br)cc4)[C@H](c4ccccc4)[C@H]2c2ccccc2-3)cc1. The van der Waals surface area contributed by atoms with Crippen LogP contribution >= 0.6 is 15.9 Å². The smallest absolute Gasteiger partial charge is 0.248 e. The molecule has 0 spiro atoms. The van der Waals surface area contributed by atoms with Gasteiger partial charge in [-0.2, -0.15) is 0 Å². The molecule has 0 amide bonds. The van der Waals surface area contributed by atoms with Crippen molar-refractivity contribution in [2.24, 2.45) is 0 Å². The minimum absolute atomic E-state index is 0.204. The van der Waals surface area contributed by atoms with Crippen LogP contribution in [0.2, 0.25) is 0 Å². The molecule has 1 aromatic heterocycles. The fourth-order valence-corrected chi connectivity index (χ4v) is 7.94. The second kappa shape index (κ2) is 8.04. The van der Waals surface area contributed by atoms with Crippen molar-refractivity contribution in [1.82, 2.24) is 3.97 Å². The van der Waals surface area contributed by atoms with Crippen molar-refractivity contribution < 1.29 is 8.42 Å². The van der Waals surface area contributed by atoms with Crippen LogP contribution in [0, 0.1) is 6.92 Å². The Morgan fingerprint density at radius 2 is 1.41 bits per heavy atom. The Kier molecular flexibility index (Phi) is 4.95. The van der Waals surface area contributed by atoms with Crippen molar-refractivity contribution in [3.05, 3.63) is 148 Å². The van der Waals surface area contributed by atoms with Crippen LogP contribution in [0.5, 0.6) is 0 Å². The van der Waals surface area contributed by atoms with Gasteiger partial charge in [0.25, 0.3) is 10.0 Å². The van der Waals surface area contributed by atoms with Gasteiger partial charge in [-0.3, -0.25) is 0 Å². The largest absolute Gasteiger partial charge is 0.267 e. The topological polar surface area (TPSA) is 39.1 Å². The highest BCUT2D eigenvalue weighted by Crippen LogP contribution is 2.77. The molecule has 1 fully saturated rings. The molecule has 0 saturated heterocycles.